The summed E-state index contributed by atoms with van der Waals surface area (Å²) < 4.78 is 5.86. The second-order valence-corrected chi connectivity index (χ2v) is 6.37. The maximum atomic E-state index is 12.3. The van der Waals surface area contributed by atoms with Crippen LogP contribution < -0.4 is 5.73 Å². The van der Waals surface area contributed by atoms with Gasteiger partial charge >= 0.3 is 0 Å². The number of benzene rings is 1. The van der Waals surface area contributed by atoms with Crippen LogP contribution in [-0.4, -0.2) is 48.4 Å². The predicted octanol–water partition coefficient (Wildman–Crippen LogP) is 3.01. The zero-order chi connectivity index (χ0) is 17.8. The molecule has 2 heterocycles. The fourth-order valence-electron chi connectivity index (χ4n) is 3.09. The van der Waals surface area contributed by atoms with Crippen LogP contribution in [-0.2, 0) is 4.79 Å². The SMILES string of the molecule is CCN1CCN(C(=O)/C=C/c2ccc(-c3ccc(N)cc3C)o2)CC1. The summed E-state index contributed by atoms with van der Waals surface area (Å²) in [6, 6.07) is 9.54. The van der Waals surface area contributed by atoms with Crippen LogP contribution in [0.1, 0.15) is 18.2 Å². The number of likely N-dealkylation sites (N-methyl/N-ethyl adjacent to an activating group) is 1. The number of carbonyl (C=O) groups is 1. The summed E-state index contributed by atoms with van der Waals surface area (Å²) in [5.41, 5.74) is 8.61. The molecule has 0 atom stereocenters. The number of hydrogen-bond acceptors (Lipinski definition) is 4. The molecular formula is C20H25N3O2. The molecule has 0 spiro atoms. The molecule has 0 unspecified atom stereocenters. The van der Waals surface area contributed by atoms with Crippen molar-refractivity contribution in [3.05, 3.63) is 47.7 Å². The lowest BCUT2D eigenvalue weighted by Gasteiger charge is -2.33. The normalized spacial score (nSPS) is 15.8. The van der Waals surface area contributed by atoms with Gasteiger partial charge in [0.05, 0.1) is 0 Å². The van der Waals surface area contributed by atoms with Crippen LogP contribution in [0.15, 0.2) is 40.8 Å². The summed E-state index contributed by atoms with van der Waals surface area (Å²) in [4.78, 5) is 16.5. The molecule has 0 saturated carbocycles. The number of carbonyl (C=O) groups excluding carboxylic acids is 1. The number of nitrogens with zero attached hydrogens (tertiary/aromatic N) is 2. The highest BCUT2D eigenvalue weighted by atomic mass is 16.3. The summed E-state index contributed by atoms with van der Waals surface area (Å²) in [5.74, 6) is 1.49. The topological polar surface area (TPSA) is 62.7 Å². The maximum absolute atomic E-state index is 12.3. The minimum Gasteiger partial charge on any atom is -0.457 e. The molecule has 132 valence electrons. The van der Waals surface area contributed by atoms with E-state index in [1.54, 1.807) is 12.2 Å². The lowest BCUT2D eigenvalue weighted by Crippen LogP contribution is -2.48. The third kappa shape index (κ3) is 4.12. The molecule has 1 amide bonds. The molecule has 2 aromatic rings. The van der Waals surface area contributed by atoms with Gasteiger partial charge in [0.15, 0.2) is 0 Å². The Morgan fingerprint density at radius 1 is 1.20 bits per heavy atom. The lowest BCUT2D eigenvalue weighted by atomic mass is 10.1. The summed E-state index contributed by atoms with van der Waals surface area (Å²) >= 11 is 0. The summed E-state index contributed by atoms with van der Waals surface area (Å²) in [5, 5.41) is 0. The fourth-order valence-corrected chi connectivity index (χ4v) is 3.09. The first-order chi connectivity index (χ1) is 12.1. The molecule has 1 aliphatic rings. The van der Waals surface area contributed by atoms with Crippen molar-refractivity contribution in [1.29, 1.82) is 0 Å². The molecule has 5 heteroatoms. The quantitative estimate of drug-likeness (QED) is 0.687. The summed E-state index contributed by atoms with van der Waals surface area (Å²) in [6.07, 6.45) is 3.34. The van der Waals surface area contributed by atoms with Crippen molar-refractivity contribution in [2.24, 2.45) is 0 Å². The van der Waals surface area contributed by atoms with Gasteiger partial charge in [-0.05, 0) is 55.4 Å². The fraction of sp³-hybridized carbons (Fsp3) is 0.350. The Balaban J connectivity index is 1.65. The molecule has 0 aliphatic carbocycles. The summed E-state index contributed by atoms with van der Waals surface area (Å²) in [7, 11) is 0. The van der Waals surface area contributed by atoms with Crippen molar-refractivity contribution in [1.82, 2.24) is 9.80 Å². The third-order valence-corrected chi connectivity index (χ3v) is 4.66. The van der Waals surface area contributed by atoms with Gasteiger partial charge in [-0.1, -0.05) is 6.92 Å². The number of aryl methyl sites for hydroxylation is 1. The number of rotatable bonds is 4. The van der Waals surface area contributed by atoms with E-state index in [2.05, 4.69) is 11.8 Å². The molecule has 0 radical (unpaired) electrons. The number of piperazine rings is 1. The van der Waals surface area contributed by atoms with Gasteiger partial charge in [0.2, 0.25) is 5.91 Å². The van der Waals surface area contributed by atoms with E-state index in [1.807, 2.05) is 42.2 Å². The van der Waals surface area contributed by atoms with Crippen LogP contribution in [0.5, 0.6) is 0 Å². The standard InChI is InChI=1S/C20H25N3O2/c1-3-22-10-12-23(13-11-22)20(24)9-6-17-5-8-19(25-17)18-7-4-16(21)14-15(18)2/h4-9,14H,3,10-13,21H2,1-2H3/b9-6+. The van der Waals surface area contributed by atoms with Gasteiger partial charge in [0.1, 0.15) is 11.5 Å². The first-order valence-electron chi connectivity index (χ1n) is 8.72. The van der Waals surface area contributed by atoms with Gasteiger partial charge < -0.3 is 20.0 Å². The van der Waals surface area contributed by atoms with Gasteiger partial charge in [0, 0.05) is 43.5 Å². The van der Waals surface area contributed by atoms with E-state index < -0.39 is 0 Å². The average molecular weight is 339 g/mol. The average Bonchev–Trinajstić information content (AvgIpc) is 3.08. The van der Waals surface area contributed by atoms with Gasteiger partial charge in [-0.3, -0.25) is 4.79 Å². The van der Waals surface area contributed by atoms with E-state index in [-0.39, 0.29) is 5.91 Å². The van der Waals surface area contributed by atoms with Crippen molar-refractivity contribution in [3.8, 4) is 11.3 Å². The van der Waals surface area contributed by atoms with Gasteiger partial charge in [-0.15, -0.1) is 0 Å². The highest BCUT2D eigenvalue weighted by Gasteiger charge is 2.18. The van der Waals surface area contributed by atoms with Crippen LogP contribution in [0.3, 0.4) is 0 Å². The molecule has 1 saturated heterocycles. The third-order valence-electron chi connectivity index (χ3n) is 4.66. The number of furan rings is 1. The molecular weight excluding hydrogens is 314 g/mol. The van der Waals surface area contributed by atoms with E-state index in [0.717, 1.165) is 55.3 Å². The Hall–Kier alpha value is -2.53. The molecule has 1 aromatic carbocycles. The molecule has 1 aromatic heterocycles. The van der Waals surface area contributed by atoms with Crippen molar-refractivity contribution >= 4 is 17.7 Å². The van der Waals surface area contributed by atoms with Crippen molar-refractivity contribution < 1.29 is 9.21 Å². The van der Waals surface area contributed by atoms with Crippen molar-refractivity contribution in [2.75, 3.05) is 38.5 Å². The van der Waals surface area contributed by atoms with Crippen LogP contribution in [0.4, 0.5) is 5.69 Å². The Labute approximate surface area is 148 Å². The molecule has 25 heavy (non-hydrogen) atoms. The number of hydrogen-bond donors (Lipinski definition) is 1. The molecule has 5 nitrogen and oxygen atoms in total. The van der Waals surface area contributed by atoms with Crippen LogP contribution in [0, 0.1) is 6.92 Å². The smallest absolute Gasteiger partial charge is 0.246 e. The van der Waals surface area contributed by atoms with Gasteiger partial charge in [-0.25, -0.2) is 0 Å². The van der Waals surface area contributed by atoms with Crippen LogP contribution in [0.2, 0.25) is 0 Å². The maximum Gasteiger partial charge on any atom is 0.246 e. The van der Waals surface area contributed by atoms with Crippen LogP contribution in [0.25, 0.3) is 17.4 Å². The molecule has 3 rings (SSSR count). The second kappa shape index (κ2) is 7.57. The minimum absolute atomic E-state index is 0.0392. The largest absolute Gasteiger partial charge is 0.457 e. The highest BCUT2D eigenvalue weighted by Crippen LogP contribution is 2.27. The molecule has 0 bridgehead atoms. The lowest BCUT2D eigenvalue weighted by molar-refractivity contribution is -0.127. The van der Waals surface area contributed by atoms with Crippen molar-refractivity contribution in [2.45, 2.75) is 13.8 Å². The minimum atomic E-state index is 0.0392. The van der Waals surface area contributed by atoms with E-state index >= 15 is 0 Å². The Morgan fingerprint density at radius 2 is 1.96 bits per heavy atom. The molecule has 1 aliphatic heterocycles. The van der Waals surface area contributed by atoms with Gasteiger partial charge in [0.25, 0.3) is 0 Å². The van der Waals surface area contributed by atoms with E-state index in [4.69, 9.17) is 10.2 Å². The van der Waals surface area contributed by atoms with E-state index in [1.165, 1.54) is 0 Å². The molecule has 1 fully saturated rings. The van der Waals surface area contributed by atoms with Crippen molar-refractivity contribution in [3.63, 3.8) is 0 Å². The molecule has 2 N–H and O–H groups in total. The highest BCUT2D eigenvalue weighted by molar-refractivity contribution is 5.91. The van der Waals surface area contributed by atoms with Gasteiger partial charge in [-0.2, -0.15) is 0 Å². The number of amides is 1. The zero-order valence-electron chi connectivity index (χ0n) is 14.9. The Morgan fingerprint density at radius 3 is 2.64 bits per heavy atom. The van der Waals surface area contributed by atoms with E-state index in [9.17, 15) is 4.79 Å². The first kappa shape index (κ1) is 17.3. The second-order valence-electron chi connectivity index (χ2n) is 6.37. The number of nitrogen functional groups attached to an aromatic ring is 1. The van der Waals surface area contributed by atoms with E-state index in [0.29, 0.717) is 5.76 Å². The summed E-state index contributed by atoms with van der Waals surface area (Å²) in [6.45, 7) is 8.64. The van der Waals surface area contributed by atoms with Crippen LogP contribution >= 0.6 is 0 Å². The monoisotopic (exact) mass is 339 g/mol. The predicted molar refractivity (Wildman–Crippen MR) is 101 cm³/mol. The zero-order valence-corrected chi connectivity index (χ0v) is 14.9. The Bertz CT molecular complexity index is 771. The Kier molecular flexibility index (Phi) is 5.24. The number of nitrogens with two attached hydrogens (primary N) is 1. The number of anilines is 1. The first-order valence-corrected chi connectivity index (χ1v) is 8.72.